The SMILES string of the molecule is CC(C#N)Cc1nc(C2CCC(C)(C)CC2)no1. The molecule has 0 spiro atoms. The summed E-state index contributed by atoms with van der Waals surface area (Å²) in [5.41, 5.74) is 0.457. The normalized spacial score (nSPS) is 21.4. The summed E-state index contributed by atoms with van der Waals surface area (Å²) in [6, 6.07) is 2.19. The zero-order chi connectivity index (χ0) is 13.2. The summed E-state index contributed by atoms with van der Waals surface area (Å²) in [5, 5.41) is 12.8. The largest absolute Gasteiger partial charge is 0.339 e. The summed E-state index contributed by atoms with van der Waals surface area (Å²) < 4.78 is 5.23. The number of nitriles is 1. The fraction of sp³-hybridized carbons (Fsp3) is 0.786. The molecule has 2 rings (SSSR count). The molecule has 18 heavy (non-hydrogen) atoms. The molecular weight excluding hydrogens is 226 g/mol. The van der Waals surface area contributed by atoms with Gasteiger partial charge in [-0.1, -0.05) is 19.0 Å². The molecule has 0 aliphatic heterocycles. The predicted molar refractivity (Wildman–Crippen MR) is 67.8 cm³/mol. The van der Waals surface area contributed by atoms with Crippen LogP contribution in [0.5, 0.6) is 0 Å². The first-order valence-corrected chi connectivity index (χ1v) is 6.72. The third-order valence-corrected chi connectivity index (χ3v) is 3.89. The molecule has 0 saturated heterocycles. The molecule has 1 heterocycles. The van der Waals surface area contributed by atoms with Gasteiger partial charge < -0.3 is 4.52 Å². The molecule has 1 atom stereocenters. The zero-order valence-electron chi connectivity index (χ0n) is 11.4. The van der Waals surface area contributed by atoms with Crippen molar-refractivity contribution in [2.45, 2.75) is 58.8 Å². The zero-order valence-corrected chi connectivity index (χ0v) is 11.4. The second-order valence-corrected chi connectivity index (χ2v) is 6.22. The highest BCUT2D eigenvalue weighted by atomic mass is 16.5. The van der Waals surface area contributed by atoms with Crippen LogP contribution in [-0.2, 0) is 6.42 Å². The van der Waals surface area contributed by atoms with Gasteiger partial charge in [0, 0.05) is 12.3 Å². The molecule has 0 radical (unpaired) electrons. The van der Waals surface area contributed by atoms with Crippen LogP contribution in [0.25, 0.3) is 0 Å². The number of aromatic nitrogens is 2. The monoisotopic (exact) mass is 247 g/mol. The second-order valence-electron chi connectivity index (χ2n) is 6.22. The van der Waals surface area contributed by atoms with Crippen molar-refractivity contribution in [2.75, 3.05) is 0 Å². The van der Waals surface area contributed by atoms with Gasteiger partial charge in [-0.2, -0.15) is 10.2 Å². The number of nitrogens with zero attached hydrogens (tertiary/aromatic N) is 3. The molecule has 4 nitrogen and oxygen atoms in total. The van der Waals surface area contributed by atoms with E-state index in [1.54, 1.807) is 0 Å². The highest BCUT2D eigenvalue weighted by Gasteiger charge is 2.30. The summed E-state index contributed by atoms with van der Waals surface area (Å²) in [6.45, 7) is 6.51. The van der Waals surface area contributed by atoms with Gasteiger partial charge in [-0.3, -0.25) is 0 Å². The molecule has 1 fully saturated rings. The van der Waals surface area contributed by atoms with E-state index in [9.17, 15) is 0 Å². The summed E-state index contributed by atoms with van der Waals surface area (Å²) in [7, 11) is 0. The third kappa shape index (κ3) is 3.10. The van der Waals surface area contributed by atoms with Crippen molar-refractivity contribution in [1.82, 2.24) is 10.1 Å². The van der Waals surface area contributed by atoms with E-state index in [-0.39, 0.29) is 5.92 Å². The summed E-state index contributed by atoms with van der Waals surface area (Å²) in [5.74, 6) is 1.81. The smallest absolute Gasteiger partial charge is 0.227 e. The lowest BCUT2D eigenvalue weighted by Gasteiger charge is -2.32. The Morgan fingerprint density at radius 2 is 2.11 bits per heavy atom. The van der Waals surface area contributed by atoms with Gasteiger partial charge in [-0.25, -0.2) is 0 Å². The molecule has 0 amide bonds. The summed E-state index contributed by atoms with van der Waals surface area (Å²) >= 11 is 0. The first-order chi connectivity index (χ1) is 8.50. The van der Waals surface area contributed by atoms with Crippen LogP contribution in [0.1, 0.15) is 64.1 Å². The van der Waals surface area contributed by atoms with Gasteiger partial charge in [0.1, 0.15) is 0 Å². The van der Waals surface area contributed by atoms with Crippen molar-refractivity contribution < 1.29 is 4.52 Å². The van der Waals surface area contributed by atoms with Crippen LogP contribution in [0.3, 0.4) is 0 Å². The Kier molecular flexibility index (Phi) is 3.70. The third-order valence-electron chi connectivity index (χ3n) is 3.89. The van der Waals surface area contributed by atoms with Gasteiger partial charge in [0.25, 0.3) is 0 Å². The lowest BCUT2D eigenvalue weighted by Crippen LogP contribution is -2.20. The Bertz CT molecular complexity index is 434. The van der Waals surface area contributed by atoms with E-state index in [2.05, 4.69) is 30.1 Å². The van der Waals surface area contributed by atoms with E-state index < -0.39 is 0 Å². The molecule has 1 aliphatic carbocycles. The van der Waals surface area contributed by atoms with Crippen LogP contribution in [-0.4, -0.2) is 10.1 Å². The lowest BCUT2D eigenvalue weighted by molar-refractivity contribution is 0.218. The average Bonchev–Trinajstić information content (AvgIpc) is 2.77. The van der Waals surface area contributed by atoms with Crippen molar-refractivity contribution in [2.24, 2.45) is 11.3 Å². The van der Waals surface area contributed by atoms with Crippen molar-refractivity contribution in [3.8, 4) is 6.07 Å². The highest BCUT2D eigenvalue weighted by molar-refractivity contribution is 5.00. The first-order valence-electron chi connectivity index (χ1n) is 6.72. The molecule has 1 unspecified atom stereocenters. The van der Waals surface area contributed by atoms with Gasteiger partial charge in [-0.15, -0.1) is 0 Å². The molecule has 1 aliphatic rings. The fourth-order valence-corrected chi connectivity index (χ4v) is 2.48. The van der Waals surface area contributed by atoms with E-state index in [1.165, 1.54) is 12.8 Å². The van der Waals surface area contributed by atoms with E-state index in [0.29, 0.717) is 23.6 Å². The predicted octanol–water partition coefficient (Wildman–Crippen LogP) is 3.46. The maximum absolute atomic E-state index is 8.77. The van der Waals surface area contributed by atoms with Crippen LogP contribution in [0.2, 0.25) is 0 Å². The van der Waals surface area contributed by atoms with Crippen molar-refractivity contribution in [1.29, 1.82) is 5.26 Å². The van der Waals surface area contributed by atoms with Crippen molar-refractivity contribution in [3.05, 3.63) is 11.7 Å². The standard InChI is InChI=1S/C14H21N3O/c1-10(9-15)8-12-16-13(17-18-12)11-4-6-14(2,3)7-5-11/h10-11H,4-8H2,1-3H3. The van der Waals surface area contributed by atoms with Gasteiger partial charge in [0.2, 0.25) is 5.89 Å². The Labute approximate surface area is 108 Å². The van der Waals surface area contributed by atoms with E-state index >= 15 is 0 Å². The lowest BCUT2D eigenvalue weighted by atomic mass is 9.73. The Balaban J connectivity index is 1.97. The van der Waals surface area contributed by atoms with Crippen molar-refractivity contribution >= 4 is 0 Å². The maximum atomic E-state index is 8.77. The van der Waals surface area contributed by atoms with E-state index in [0.717, 1.165) is 18.7 Å². The minimum atomic E-state index is -0.0661. The van der Waals surface area contributed by atoms with Gasteiger partial charge in [0.05, 0.1) is 12.0 Å². The number of hydrogen-bond donors (Lipinski definition) is 0. The second kappa shape index (κ2) is 5.09. The molecule has 0 aromatic carbocycles. The van der Waals surface area contributed by atoms with Gasteiger partial charge in [-0.05, 0) is 38.0 Å². The highest BCUT2D eigenvalue weighted by Crippen LogP contribution is 2.41. The van der Waals surface area contributed by atoms with Crippen LogP contribution in [0.4, 0.5) is 0 Å². The summed E-state index contributed by atoms with van der Waals surface area (Å²) in [6.07, 6.45) is 5.27. The van der Waals surface area contributed by atoms with Crippen LogP contribution in [0, 0.1) is 22.7 Å². The van der Waals surface area contributed by atoms with Crippen LogP contribution >= 0.6 is 0 Å². The van der Waals surface area contributed by atoms with Gasteiger partial charge in [0.15, 0.2) is 5.82 Å². The molecule has 0 bridgehead atoms. The quantitative estimate of drug-likeness (QED) is 0.820. The Hall–Kier alpha value is -1.37. The molecule has 1 aromatic rings. The molecule has 0 N–H and O–H groups in total. The van der Waals surface area contributed by atoms with E-state index in [4.69, 9.17) is 9.78 Å². The fourth-order valence-electron chi connectivity index (χ4n) is 2.48. The Morgan fingerprint density at radius 1 is 1.44 bits per heavy atom. The van der Waals surface area contributed by atoms with Crippen molar-refractivity contribution in [3.63, 3.8) is 0 Å². The molecule has 4 heteroatoms. The Morgan fingerprint density at radius 3 is 2.72 bits per heavy atom. The summed E-state index contributed by atoms with van der Waals surface area (Å²) in [4.78, 5) is 4.44. The molecular formula is C14H21N3O. The molecule has 98 valence electrons. The minimum absolute atomic E-state index is 0.0661. The van der Waals surface area contributed by atoms with Gasteiger partial charge >= 0.3 is 0 Å². The van der Waals surface area contributed by atoms with Crippen LogP contribution < -0.4 is 0 Å². The van der Waals surface area contributed by atoms with E-state index in [1.807, 2.05) is 6.92 Å². The molecule has 1 saturated carbocycles. The average molecular weight is 247 g/mol. The number of rotatable bonds is 3. The topological polar surface area (TPSA) is 62.7 Å². The minimum Gasteiger partial charge on any atom is -0.339 e. The maximum Gasteiger partial charge on any atom is 0.227 e. The van der Waals surface area contributed by atoms with Crippen LogP contribution in [0.15, 0.2) is 4.52 Å². The first kappa shape index (κ1) is 13.1. The molecule has 1 aromatic heterocycles. The number of hydrogen-bond acceptors (Lipinski definition) is 4.